The number of rotatable bonds is 0. The Kier molecular flexibility index (Phi) is 25.4. The number of hydrogen-bond donors (Lipinski definition) is 1. The average Bonchev–Trinajstić information content (AvgIpc) is 1.69. The Morgan fingerprint density at radius 3 is 2.14 bits per heavy atom. The molecule has 0 bridgehead atoms. The number of hydrogen-bond acceptors (Lipinski definition) is 3. The van der Waals surface area contributed by atoms with Crippen LogP contribution in [0.25, 0.3) is 0 Å². The molecule has 0 saturated carbocycles. The Hall–Kier alpha value is -0.730. The van der Waals surface area contributed by atoms with Gasteiger partial charge >= 0.3 is 0 Å². The molecule has 0 unspecified atom stereocenters. The molecule has 0 aliphatic rings. The minimum atomic E-state index is -0.250. The number of isothiocyanates is 1. The highest BCUT2D eigenvalue weighted by Gasteiger charge is 1.24. The molecule has 0 saturated heterocycles. The van der Waals surface area contributed by atoms with Crippen LogP contribution in [0.4, 0.5) is 0 Å². The van der Waals surface area contributed by atoms with Gasteiger partial charge in [-0.05, 0) is 12.2 Å². The summed E-state index contributed by atoms with van der Waals surface area (Å²) >= 11 is 4.14. The van der Waals surface area contributed by atoms with E-state index in [4.69, 9.17) is 9.90 Å². The predicted molar refractivity (Wildman–Crippen MR) is 29.6 cm³/mol. The van der Waals surface area contributed by atoms with Gasteiger partial charge in [0.2, 0.25) is 0 Å². The van der Waals surface area contributed by atoms with Gasteiger partial charge < -0.3 is 5.11 Å². The summed E-state index contributed by atoms with van der Waals surface area (Å²) in [5.41, 5.74) is 0. The van der Waals surface area contributed by atoms with E-state index < -0.39 is 0 Å². The van der Waals surface area contributed by atoms with Crippen LogP contribution in [0.1, 0.15) is 0 Å². The fourth-order valence-electron chi connectivity index (χ4n) is 0. The minimum absolute atomic E-state index is 0.250. The van der Waals surface area contributed by atoms with E-state index in [1.807, 2.05) is 0 Å². The zero-order chi connectivity index (χ0) is 6.12. The molecule has 7 heavy (non-hydrogen) atoms. The Morgan fingerprint density at radius 1 is 2.00 bits per heavy atom. The number of thiocarbonyl (C=S) groups is 1. The van der Waals surface area contributed by atoms with Crippen molar-refractivity contribution < 1.29 is 9.90 Å². The van der Waals surface area contributed by atoms with Crippen molar-refractivity contribution >= 4 is 23.9 Å². The van der Waals surface area contributed by atoms with Crippen molar-refractivity contribution in [1.82, 2.24) is 0 Å². The van der Waals surface area contributed by atoms with E-state index in [1.54, 1.807) is 7.05 Å². The monoisotopic (exact) mass is 119 g/mol. The molecule has 0 fully saturated rings. The van der Waals surface area contributed by atoms with E-state index in [9.17, 15) is 0 Å². The van der Waals surface area contributed by atoms with Crippen LogP contribution in [-0.4, -0.2) is 23.8 Å². The van der Waals surface area contributed by atoms with Crippen LogP contribution < -0.4 is 0 Å². The molecule has 0 radical (unpaired) electrons. The maximum absolute atomic E-state index is 8.36. The maximum Gasteiger partial charge on any atom is 0.290 e. The van der Waals surface area contributed by atoms with E-state index in [0.29, 0.717) is 0 Å². The molecule has 0 aliphatic carbocycles. The van der Waals surface area contributed by atoms with Crippen molar-refractivity contribution in [3.8, 4) is 0 Å². The Morgan fingerprint density at radius 2 is 2.14 bits per heavy atom. The highest BCUT2D eigenvalue weighted by molar-refractivity contribution is 7.78. The summed E-state index contributed by atoms with van der Waals surface area (Å²) in [6.07, 6.45) is 0. The number of carbonyl (C=O) groups is 1. The molecule has 3 nitrogen and oxygen atoms in total. The first-order valence-electron chi connectivity index (χ1n) is 1.37. The zero-order valence-electron chi connectivity index (χ0n) is 3.79. The summed E-state index contributed by atoms with van der Waals surface area (Å²) in [7, 11) is 1.59. The quantitative estimate of drug-likeness (QED) is 0.285. The number of nitrogens with zero attached hydrogens (tertiary/aromatic N) is 1. The smallest absolute Gasteiger partial charge is 0.290 e. The first-order chi connectivity index (χ1) is 3.33. The third-order valence-corrected chi connectivity index (χ3v) is 0.274. The Labute approximate surface area is 46.7 Å². The van der Waals surface area contributed by atoms with Crippen LogP contribution in [0.5, 0.6) is 0 Å². The second-order valence-electron chi connectivity index (χ2n) is 0.420. The van der Waals surface area contributed by atoms with Gasteiger partial charge in [0.1, 0.15) is 0 Å². The topological polar surface area (TPSA) is 49.7 Å². The summed E-state index contributed by atoms with van der Waals surface area (Å²) < 4.78 is 0. The van der Waals surface area contributed by atoms with Gasteiger partial charge in [0.05, 0.1) is 5.16 Å². The van der Waals surface area contributed by atoms with Crippen molar-refractivity contribution in [3.63, 3.8) is 0 Å². The lowest BCUT2D eigenvalue weighted by molar-refractivity contribution is -0.122. The lowest BCUT2D eigenvalue weighted by atomic mass is 11.4. The van der Waals surface area contributed by atoms with E-state index >= 15 is 0 Å². The van der Waals surface area contributed by atoms with Crippen LogP contribution in [0.15, 0.2) is 4.99 Å². The van der Waals surface area contributed by atoms with Crippen LogP contribution in [0, 0.1) is 0 Å². The molecule has 1 N–H and O–H groups in total. The molecule has 0 aromatic heterocycles. The molecular weight excluding hydrogens is 114 g/mol. The van der Waals surface area contributed by atoms with Crippen LogP contribution in [0.3, 0.4) is 0 Å². The molecule has 0 amide bonds. The van der Waals surface area contributed by atoms with Crippen molar-refractivity contribution in [2.45, 2.75) is 0 Å². The highest BCUT2D eigenvalue weighted by atomic mass is 32.1. The third-order valence-electron chi connectivity index (χ3n) is 0.0913. The molecule has 0 spiro atoms. The summed E-state index contributed by atoms with van der Waals surface area (Å²) in [4.78, 5) is 11.7. The molecule has 0 atom stereocenters. The van der Waals surface area contributed by atoms with E-state index in [1.165, 1.54) is 0 Å². The molecule has 0 heterocycles. The minimum Gasteiger partial charge on any atom is -0.483 e. The van der Waals surface area contributed by atoms with Crippen molar-refractivity contribution in [2.24, 2.45) is 4.99 Å². The normalized spacial score (nSPS) is 4.14. The van der Waals surface area contributed by atoms with Crippen molar-refractivity contribution in [2.75, 3.05) is 7.05 Å². The average molecular weight is 119 g/mol. The summed E-state index contributed by atoms with van der Waals surface area (Å²) in [5.74, 6) is 0. The van der Waals surface area contributed by atoms with E-state index in [0.717, 1.165) is 0 Å². The van der Waals surface area contributed by atoms with Gasteiger partial charge in [0.15, 0.2) is 0 Å². The summed E-state index contributed by atoms with van der Waals surface area (Å²) in [5, 5.41) is 9.03. The molecule has 40 valence electrons. The van der Waals surface area contributed by atoms with Crippen LogP contribution in [-0.2, 0) is 4.79 Å². The van der Waals surface area contributed by atoms with Crippen molar-refractivity contribution in [3.05, 3.63) is 0 Å². The van der Waals surface area contributed by atoms with Gasteiger partial charge in [-0.15, -0.1) is 0 Å². The van der Waals surface area contributed by atoms with Gasteiger partial charge in [-0.1, -0.05) is 0 Å². The van der Waals surface area contributed by atoms with Gasteiger partial charge in [-0.2, -0.15) is 0 Å². The predicted octanol–water partition coefficient (Wildman–Crippen LogP) is 0.420. The molecule has 4 heteroatoms. The van der Waals surface area contributed by atoms with E-state index in [-0.39, 0.29) is 6.47 Å². The van der Waals surface area contributed by atoms with Gasteiger partial charge in [0, 0.05) is 7.05 Å². The molecule has 0 aliphatic heterocycles. The molecule has 0 rings (SSSR count). The fourth-order valence-corrected chi connectivity index (χ4v) is 0. The van der Waals surface area contributed by atoms with Gasteiger partial charge in [0.25, 0.3) is 6.47 Å². The summed E-state index contributed by atoms with van der Waals surface area (Å²) in [6, 6.07) is 0. The molecule has 0 aromatic carbocycles. The fraction of sp³-hybridized carbons (Fsp3) is 0.333. The largest absolute Gasteiger partial charge is 0.483 e. The second kappa shape index (κ2) is 18.6. The molecule has 0 aromatic rings. The Balaban J connectivity index is 0. The van der Waals surface area contributed by atoms with Gasteiger partial charge in [-0.25, -0.2) is 4.99 Å². The maximum atomic E-state index is 8.36. The SMILES string of the molecule is CN=C=S.O=CO. The first kappa shape index (κ1) is 9.55. The van der Waals surface area contributed by atoms with Crippen LogP contribution >= 0.6 is 12.2 Å². The zero-order valence-corrected chi connectivity index (χ0v) is 4.60. The lowest BCUT2D eigenvalue weighted by Crippen LogP contribution is -1.49. The standard InChI is InChI=1S/C2H3NS.CH2O2/c1-3-2-4;2-1-3/h1H3;1H,(H,2,3). The highest BCUT2D eigenvalue weighted by Crippen LogP contribution is 1.36. The number of carboxylic acid groups (broad SMARTS) is 1. The van der Waals surface area contributed by atoms with Crippen LogP contribution in [0.2, 0.25) is 0 Å². The molecular formula is C3H5NO2S. The number of aliphatic imine (C=N–C) groups is 1. The lowest BCUT2D eigenvalue weighted by Gasteiger charge is -1.39. The summed E-state index contributed by atoms with van der Waals surface area (Å²) in [6.45, 7) is -0.250. The van der Waals surface area contributed by atoms with Crippen molar-refractivity contribution in [1.29, 1.82) is 0 Å². The van der Waals surface area contributed by atoms with Gasteiger partial charge in [-0.3, -0.25) is 4.79 Å². The third kappa shape index (κ3) is 773. The Bertz CT molecular complexity index is 77.0. The first-order valence-corrected chi connectivity index (χ1v) is 1.78. The van der Waals surface area contributed by atoms with E-state index in [2.05, 4.69) is 22.4 Å². The second-order valence-corrected chi connectivity index (χ2v) is 0.603.